The molecule has 0 aliphatic carbocycles. The maximum Gasteiger partial charge on any atom is 0.258 e. The molecule has 0 aliphatic rings. The van der Waals surface area contributed by atoms with Gasteiger partial charge >= 0.3 is 0 Å². The minimum Gasteiger partial charge on any atom is -0.508 e. The second-order valence-electron chi connectivity index (χ2n) is 6.51. The van der Waals surface area contributed by atoms with E-state index >= 15 is 0 Å². The number of hydrogen-bond donors (Lipinski definition) is 3. The van der Waals surface area contributed by atoms with Crippen LogP contribution in [0, 0.1) is 0 Å². The zero-order valence-corrected chi connectivity index (χ0v) is 17.2. The highest BCUT2D eigenvalue weighted by atomic mass is 35.5. The number of para-hydroxylation sites is 1. The number of fused-ring (bicyclic) bond motifs is 1. The van der Waals surface area contributed by atoms with E-state index in [0.29, 0.717) is 32.9 Å². The maximum atomic E-state index is 13.0. The molecule has 3 N–H and O–H groups in total. The summed E-state index contributed by atoms with van der Waals surface area (Å²) in [7, 11) is 0. The van der Waals surface area contributed by atoms with Crippen LogP contribution in [-0.2, 0) is 0 Å². The minimum absolute atomic E-state index is 0.0960. The molecule has 3 aromatic carbocycles. The molecular formula is C23H16ClN3O2S. The normalized spacial score (nSPS) is 10.6. The van der Waals surface area contributed by atoms with E-state index in [-0.39, 0.29) is 16.8 Å². The lowest BCUT2D eigenvalue weighted by atomic mass is 10.0. The largest absolute Gasteiger partial charge is 0.508 e. The number of aromatic hydroxyl groups is 1. The topological polar surface area (TPSA) is 74.2 Å². The molecule has 30 heavy (non-hydrogen) atoms. The number of benzene rings is 3. The van der Waals surface area contributed by atoms with E-state index in [1.54, 1.807) is 30.3 Å². The van der Waals surface area contributed by atoms with Crippen molar-refractivity contribution in [3.63, 3.8) is 0 Å². The molecule has 148 valence electrons. The van der Waals surface area contributed by atoms with E-state index in [1.807, 2.05) is 42.5 Å². The number of nitrogens with one attached hydrogen (secondary N) is 2. The van der Waals surface area contributed by atoms with Gasteiger partial charge in [0.1, 0.15) is 5.75 Å². The molecular weight excluding hydrogens is 418 g/mol. The SMILES string of the molecule is O=C(NC(=S)Nc1cccc(O)c1)c1cc(-c2ccccc2Cl)nc2ccccc12. The van der Waals surface area contributed by atoms with Crippen molar-refractivity contribution in [3.8, 4) is 17.0 Å². The lowest BCUT2D eigenvalue weighted by Gasteiger charge is -2.13. The van der Waals surface area contributed by atoms with Crippen molar-refractivity contribution in [1.29, 1.82) is 0 Å². The van der Waals surface area contributed by atoms with Crippen molar-refractivity contribution in [1.82, 2.24) is 10.3 Å². The molecule has 4 aromatic rings. The number of amides is 1. The molecule has 5 nitrogen and oxygen atoms in total. The fourth-order valence-corrected chi connectivity index (χ4v) is 3.53. The third-order valence-electron chi connectivity index (χ3n) is 4.44. The van der Waals surface area contributed by atoms with E-state index in [4.69, 9.17) is 23.8 Å². The van der Waals surface area contributed by atoms with Gasteiger partial charge in [0.2, 0.25) is 0 Å². The quantitative estimate of drug-likeness (QED) is 0.378. The predicted molar refractivity (Wildman–Crippen MR) is 124 cm³/mol. The molecule has 1 amide bonds. The van der Waals surface area contributed by atoms with Gasteiger partial charge in [-0.25, -0.2) is 4.98 Å². The first-order valence-electron chi connectivity index (χ1n) is 9.07. The molecule has 1 aromatic heterocycles. The monoisotopic (exact) mass is 433 g/mol. The number of anilines is 1. The van der Waals surface area contributed by atoms with Gasteiger partial charge in [-0.15, -0.1) is 0 Å². The van der Waals surface area contributed by atoms with Crippen LogP contribution >= 0.6 is 23.8 Å². The number of halogens is 1. The fraction of sp³-hybridized carbons (Fsp3) is 0. The van der Waals surface area contributed by atoms with Gasteiger partial charge in [0.05, 0.1) is 16.8 Å². The van der Waals surface area contributed by atoms with E-state index in [9.17, 15) is 9.90 Å². The van der Waals surface area contributed by atoms with E-state index in [0.717, 1.165) is 5.56 Å². The van der Waals surface area contributed by atoms with Crippen molar-refractivity contribution >= 4 is 51.4 Å². The molecule has 4 rings (SSSR count). The Kier molecular flexibility index (Phi) is 5.61. The number of aromatic nitrogens is 1. The van der Waals surface area contributed by atoms with Crippen LogP contribution in [0.5, 0.6) is 5.75 Å². The van der Waals surface area contributed by atoms with Crippen LogP contribution in [-0.4, -0.2) is 21.1 Å². The van der Waals surface area contributed by atoms with E-state index < -0.39 is 0 Å². The zero-order chi connectivity index (χ0) is 21.1. The van der Waals surface area contributed by atoms with Gasteiger partial charge in [0.15, 0.2) is 5.11 Å². The molecule has 0 unspecified atom stereocenters. The standard InChI is InChI=1S/C23H16ClN3O2S/c24-19-10-3-1-9-17(19)21-13-18(16-8-2-4-11-20(16)26-21)22(29)27-23(30)25-14-6-5-7-15(28)12-14/h1-13,28H,(H2,25,27,29,30). The van der Waals surface area contributed by atoms with Crippen molar-refractivity contribution in [2.24, 2.45) is 0 Å². The highest BCUT2D eigenvalue weighted by Gasteiger charge is 2.16. The Bertz CT molecular complexity index is 1280. The molecule has 1 heterocycles. The predicted octanol–water partition coefficient (Wildman–Crippen LogP) is 5.39. The molecule has 0 bridgehead atoms. The Balaban J connectivity index is 1.68. The summed E-state index contributed by atoms with van der Waals surface area (Å²) in [5.41, 5.74) is 3.00. The Morgan fingerprint density at radius 2 is 1.73 bits per heavy atom. The number of hydrogen-bond acceptors (Lipinski definition) is 4. The number of carbonyl (C=O) groups excluding carboxylic acids is 1. The van der Waals surface area contributed by atoms with Gasteiger partial charge in [-0.3, -0.25) is 10.1 Å². The van der Waals surface area contributed by atoms with Crippen LogP contribution in [0.3, 0.4) is 0 Å². The first kappa shape index (κ1) is 19.8. The zero-order valence-electron chi connectivity index (χ0n) is 15.6. The van der Waals surface area contributed by atoms with Gasteiger partial charge in [0, 0.05) is 27.7 Å². The summed E-state index contributed by atoms with van der Waals surface area (Å²) in [6.07, 6.45) is 0. The van der Waals surface area contributed by atoms with Crippen molar-refractivity contribution in [2.45, 2.75) is 0 Å². The van der Waals surface area contributed by atoms with Gasteiger partial charge < -0.3 is 10.4 Å². The number of phenolic OH excluding ortho intramolecular Hbond substituents is 1. The van der Waals surface area contributed by atoms with E-state index in [2.05, 4.69) is 15.6 Å². The van der Waals surface area contributed by atoms with Gasteiger partial charge in [-0.1, -0.05) is 54.1 Å². The van der Waals surface area contributed by atoms with Crippen LogP contribution in [0.1, 0.15) is 10.4 Å². The maximum absolute atomic E-state index is 13.0. The van der Waals surface area contributed by atoms with Crippen molar-refractivity contribution in [3.05, 3.63) is 89.4 Å². The molecule has 0 saturated carbocycles. The molecule has 0 radical (unpaired) electrons. The summed E-state index contributed by atoms with van der Waals surface area (Å²) in [6, 6.07) is 22.9. The van der Waals surface area contributed by atoms with Crippen LogP contribution in [0.2, 0.25) is 5.02 Å². The molecule has 7 heteroatoms. The van der Waals surface area contributed by atoms with E-state index in [1.165, 1.54) is 6.07 Å². The summed E-state index contributed by atoms with van der Waals surface area (Å²) in [5, 5.41) is 16.5. The first-order chi connectivity index (χ1) is 14.5. The fourth-order valence-electron chi connectivity index (χ4n) is 3.09. The lowest BCUT2D eigenvalue weighted by Crippen LogP contribution is -2.34. The second kappa shape index (κ2) is 8.49. The average molecular weight is 434 g/mol. The number of pyridine rings is 1. The molecule has 0 fully saturated rings. The van der Waals surface area contributed by atoms with Crippen LogP contribution in [0.4, 0.5) is 5.69 Å². The highest BCUT2D eigenvalue weighted by Crippen LogP contribution is 2.29. The number of phenols is 1. The summed E-state index contributed by atoms with van der Waals surface area (Å²) >= 11 is 11.6. The number of carbonyl (C=O) groups is 1. The van der Waals surface area contributed by atoms with Crippen LogP contribution in [0.15, 0.2) is 78.9 Å². The van der Waals surface area contributed by atoms with Crippen LogP contribution < -0.4 is 10.6 Å². The Hall–Kier alpha value is -3.48. The summed E-state index contributed by atoms with van der Waals surface area (Å²) in [5.74, 6) is -0.279. The summed E-state index contributed by atoms with van der Waals surface area (Å²) < 4.78 is 0. The second-order valence-corrected chi connectivity index (χ2v) is 7.33. The summed E-state index contributed by atoms with van der Waals surface area (Å²) in [6.45, 7) is 0. The van der Waals surface area contributed by atoms with Gasteiger partial charge in [-0.2, -0.15) is 0 Å². The smallest absolute Gasteiger partial charge is 0.258 e. The number of nitrogens with zero attached hydrogens (tertiary/aromatic N) is 1. The first-order valence-corrected chi connectivity index (χ1v) is 9.86. The van der Waals surface area contributed by atoms with Crippen LogP contribution in [0.25, 0.3) is 22.2 Å². The minimum atomic E-state index is -0.375. The molecule has 0 aliphatic heterocycles. The number of thiocarbonyl (C=S) groups is 1. The van der Waals surface area contributed by atoms with Gasteiger partial charge in [-0.05, 0) is 42.5 Å². The third-order valence-corrected chi connectivity index (χ3v) is 4.98. The van der Waals surface area contributed by atoms with Crippen molar-refractivity contribution in [2.75, 3.05) is 5.32 Å². The lowest BCUT2D eigenvalue weighted by molar-refractivity contribution is 0.0979. The summed E-state index contributed by atoms with van der Waals surface area (Å²) in [4.78, 5) is 17.7. The molecule has 0 atom stereocenters. The Morgan fingerprint density at radius 1 is 0.967 bits per heavy atom. The van der Waals surface area contributed by atoms with Gasteiger partial charge in [0.25, 0.3) is 5.91 Å². The third kappa shape index (κ3) is 4.25. The van der Waals surface area contributed by atoms with Crippen molar-refractivity contribution < 1.29 is 9.90 Å². The highest BCUT2D eigenvalue weighted by molar-refractivity contribution is 7.80. The number of rotatable bonds is 3. The average Bonchev–Trinajstić information content (AvgIpc) is 2.73. The molecule has 0 spiro atoms. The Labute approximate surface area is 183 Å². The Morgan fingerprint density at radius 3 is 2.53 bits per heavy atom. The molecule has 0 saturated heterocycles.